The second-order valence-corrected chi connectivity index (χ2v) is 6.31. The van der Waals surface area contributed by atoms with E-state index >= 15 is 0 Å². The summed E-state index contributed by atoms with van der Waals surface area (Å²) in [4.78, 5) is 2.31. The van der Waals surface area contributed by atoms with Crippen LogP contribution in [0.3, 0.4) is 0 Å². The van der Waals surface area contributed by atoms with Gasteiger partial charge in [0.1, 0.15) is 5.82 Å². The Labute approximate surface area is 145 Å². The van der Waals surface area contributed by atoms with Crippen molar-refractivity contribution in [3.05, 3.63) is 95.8 Å². The van der Waals surface area contributed by atoms with Gasteiger partial charge in [0.25, 0.3) is 0 Å². The zero-order chi connectivity index (χ0) is 16.8. The monoisotopic (exact) mass is 331 g/mol. The van der Waals surface area contributed by atoms with Crippen molar-refractivity contribution in [2.45, 2.75) is 9.79 Å². The number of nitriles is 1. The molecule has 0 heterocycles. The van der Waals surface area contributed by atoms with Crippen molar-refractivity contribution >= 4 is 23.4 Å². The molecule has 1 nitrogen and oxygen atoms in total. The Morgan fingerprint density at radius 3 is 2.25 bits per heavy atom. The Balaban J connectivity index is 1.81. The maximum atomic E-state index is 13.3. The number of nitrogens with zero attached hydrogens (tertiary/aromatic N) is 1. The van der Waals surface area contributed by atoms with Gasteiger partial charge in [0.15, 0.2) is 0 Å². The highest BCUT2D eigenvalue weighted by molar-refractivity contribution is 7.99. The zero-order valence-electron chi connectivity index (χ0n) is 12.8. The summed E-state index contributed by atoms with van der Waals surface area (Å²) in [6.07, 6.45) is 1.77. The Kier molecular flexibility index (Phi) is 5.10. The lowest BCUT2D eigenvalue weighted by Gasteiger charge is -2.03. The van der Waals surface area contributed by atoms with E-state index in [2.05, 4.69) is 18.2 Å². The molecule has 0 atom stereocenters. The molecule has 0 saturated carbocycles. The van der Waals surface area contributed by atoms with Gasteiger partial charge in [-0.2, -0.15) is 5.26 Å². The molecule has 3 aromatic carbocycles. The van der Waals surface area contributed by atoms with Crippen LogP contribution in [0.1, 0.15) is 11.1 Å². The minimum Gasteiger partial charge on any atom is -0.207 e. The standard InChI is InChI=1S/C21H14FNS/c22-19-6-4-5-17(14-19)18(15-23)13-16-9-11-21(12-10-16)24-20-7-2-1-3-8-20/h1-14H/b18-13-. The van der Waals surface area contributed by atoms with Gasteiger partial charge in [-0.25, -0.2) is 4.39 Å². The third kappa shape index (κ3) is 4.13. The molecule has 0 N–H and O–H groups in total. The van der Waals surface area contributed by atoms with E-state index in [0.29, 0.717) is 11.1 Å². The minimum absolute atomic E-state index is 0.344. The molecule has 24 heavy (non-hydrogen) atoms. The number of hydrogen-bond acceptors (Lipinski definition) is 2. The van der Waals surface area contributed by atoms with Gasteiger partial charge in [-0.3, -0.25) is 0 Å². The van der Waals surface area contributed by atoms with Crippen molar-refractivity contribution in [3.8, 4) is 6.07 Å². The summed E-state index contributed by atoms with van der Waals surface area (Å²) >= 11 is 1.68. The fourth-order valence-electron chi connectivity index (χ4n) is 2.26. The van der Waals surface area contributed by atoms with E-state index in [1.807, 2.05) is 42.5 Å². The fraction of sp³-hybridized carbons (Fsp3) is 0. The third-order valence-corrected chi connectivity index (χ3v) is 4.44. The Bertz CT molecular complexity index is 893. The highest BCUT2D eigenvalue weighted by Crippen LogP contribution is 2.28. The second kappa shape index (κ2) is 7.63. The summed E-state index contributed by atoms with van der Waals surface area (Å²) in [5.74, 6) is -0.344. The topological polar surface area (TPSA) is 23.8 Å². The van der Waals surface area contributed by atoms with E-state index in [-0.39, 0.29) is 5.82 Å². The van der Waals surface area contributed by atoms with E-state index < -0.39 is 0 Å². The van der Waals surface area contributed by atoms with E-state index in [9.17, 15) is 9.65 Å². The molecule has 0 aromatic heterocycles. The summed E-state index contributed by atoms with van der Waals surface area (Å²) in [6, 6.07) is 26.3. The molecule has 0 saturated heterocycles. The van der Waals surface area contributed by atoms with Gasteiger partial charge < -0.3 is 0 Å². The molecule has 0 unspecified atom stereocenters. The van der Waals surface area contributed by atoms with Crippen LogP contribution in [0.15, 0.2) is 88.7 Å². The molecule has 0 aliphatic rings. The SMILES string of the molecule is N#C/C(=C/c1ccc(Sc2ccccc2)cc1)c1cccc(F)c1. The Morgan fingerprint density at radius 2 is 1.58 bits per heavy atom. The predicted molar refractivity (Wildman–Crippen MR) is 96.9 cm³/mol. The van der Waals surface area contributed by atoms with Crippen LogP contribution in [0.5, 0.6) is 0 Å². The first-order valence-electron chi connectivity index (χ1n) is 7.45. The molecule has 0 bridgehead atoms. The van der Waals surface area contributed by atoms with E-state index in [1.165, 1.54) is 17.0 Å². The zero-order valence-corrected chi connectivity index (χ0v) is 13.6. The van der Waals surface area contributed by atoms with Crippen molar-refractivity contribution in [1.82, 2.24) is 0 Å². The van der Waals surface area contributed by atoms with Crippen molar-refractivity contribution in [2.75, 3.05) is 0 Å². The number of benzene rings is 3. The fourth-order valence-corrected chi connectivity index (χ4v) is 3.10. The van der Waals surface area contributed by atoms with Crippen molar-refractivity contribution in [1.29, 1.82) is 5.26 Å². The lowest BCUT2D eigenvalue weighted by Crippen LogP contribution is -1.84. The molecule has 0 spiro atoms. The molecule has 3 aromatic rings. The van der Waals surface area contributed by atoms with Crippen LogP contribution in [0.4, 0.5) is 4.39 Å². The first kappa shape index (κ1) is 16.0. The molecule has 0 aliphatic carbocycles. The number of allylic oxidation sites excluding steroid dienone is 1. The Hall–Kier alpha value is -2.83. The number of rotatable bonds is 4. The van der Waals surface area contributed by atoms with Gasteiger partial charge in [0.05, 0.1) is 11.6 Å². The number of hydrogen-bond donors (Lipinski definition) is 0. The molecule has 116 valence electrons. The summed E-state index contributed by atoms with van der Waals surface area (Å²) < 4.78 is 13.3. The molecule has 0 fully saturated rings. The van der Waals surface area contributed by atoms with Crippen LogP contribution in [0, 0.1) is 17.1 Å². The summed E-state index contributed by atoms with van der Waals surface area (Å²) in [7, 11) is 0. The minimum atomic E-state index is -0.344. The molecule has 3 heteroatoms. The maximum absolute atomic E-state index is 13.3. The first-order valence-corrected chi connectivity index (χ1v) is 8.27. The number of halogens is 1. The summed E-state index contributed by atoms with van der Waals surface area (Å²) in [6.45, 7) is 0. The molecule has 0 radical (unpaired) electrons. The van der Waals surface area contributed by atoms with Crippen LogP contribution in [-0.4, -0.2) is 0 Å². The van der Waals surface area contributed by atoms with Gasteiger partial charge in [0, 0.05) is 9.79 Å². The van der Waals surface area contributed by atoms with Gasteiger partial charge >= 0.3 is 0 Å². The highest BCUT2D eigenvalue weighted by atomic mass is 32.2. The molecule has 3 rings (SSSR count). The van der Waals surface area contributed by atoms with Crippen LogP contribution in [0.25, 0.3) is 11.6 Å². The van der Waals surface area contributed by atoms with Gasteiger partial charge in [-0.15, -0.1) is 0 Å². The van der Waals surface area contributed by atoms with Crippen LogP contribution >= 0.6 is 11.8 Å². The van der Waals surface area contributed by atoms with Crippen molar-refractivity contribution < 1.29 is 4.39 Å². The van der Waals surface area contributed by atoms with Gasteiger partial charge in [-0.1, -0.05) is 54.2 Å². The normalized spacial score (nSPS) is 11.1. The van der Waals surface area contributed by atoms with E-state index in [1.54, 1.807) is 30.0 Å². The van der Waals surface area contributed by atoms with Crippen LogP contribution < -0.4 is 0 Å². The van der Waals surface area contributed by atoms with Gasteiger partial charge in [0.2, 0.25) is 0 Å². The lowest BCUT2D eigenvalue weighted by atomic mass is 10.0. The lowest BCUT2D eigenvalue weighted by molar-refractivity contribution is 0.627. The summed E-state index contributed by atoms with van der Waals surface area (Å²) in [5.41, 5.74) is 1.94. The Morgan fingerprint density at radius 1 is 0.875 bits per heavy atom. The third-order valence-electron chi connectivity index (χ3n) is 3.43. The van der Waals surface area contributed by atoms with E-state index in [4.69, 9.17) is 0 Å². The predicted octanol–water partition coefficient (Wildman–Crippen LogP) is 6.04. The molecular formula is C21H14FNS. The van der Waals surface area contributed by atoms with Crippen molar-refractivity contribution in [3.63, 3.8) is 0 Å². The highest BCUT2D eigenvalue weighted by Gasteiger charge is 2.03. The van der Waals surface area contributed by atoms with E-state index in [0.717, 1.165) is 10.5 Å². The summed E-state index contributed by atoms with van der Waals surface area (Å²) in [5, 5.41) is 9.34. The van der Waals surface area contributed by atoms with Crippen LogP contribution in [-0.2, 0) is 0 Å². The molecule has 0 amide bonds. The second-order valence-electron chi connectivity index (χ2n) is 5.16. The molecule has 0 aliphatic heterocycles. The van der Waals surface area contributed by atoms with Crippen LogP contribution in [0.2, 0.25) is 0 Å². The average molecular weight is 331 g/mol. The maximum Gasteiger partial charge on any atom is 0.123 e. The molecular weight excluding hydrogens is 317 g/mol. The largest absolute Gasteiger partial charge is 0.207 e. The smallest absolute Gasteiger partial charge is 0.123 e. The first-order chi connectivity index (χ1) is 11.7. The van der Waals surface area contributed by atoms with Gasteiger partial charge in [-0.05, 0) is 53.6 Å². The average Bonchev–Trinajstić information content (AvgIpc) is 2.62. The van der Waals surface area contributed by atoms with Crippen molar-refractivity contribution in [2.24, 2.45) is 0 Å². The quantitative estimate of drug-likeness (QED) is 0.430.